The molecule has 0 aromatic rings. The molecule has 0 saturated carbocycles. The van der Waals surface area contributed by atoms with Gasteiger partial charge in [0, 0.05) is 6.42 Å². The molecular formula is C14H28O2Pb. The van der Waals surface area contributed by atoms with Gasteiger partial charge >= 0.3 is 33.3 Å². The average molecular weight is 436 g/mol. The van der Waals surface area contributed by atoms with Crippen molar-refractivity contribution < 1.29 is 9.90 Å². The first kappa shape index (κ1) is 19.5. The molecule has 0 amide bonds. The Morgan fingerprint density at radius 3 is 2.06 bits per heavy atom. The van der Waals surface area contributed by atoms with E-state index < -0.39 is 5.97 Å². The zero-order valence-electron chi connectivity index (χ0n) is 11.3. The topological polar surface area (TPSA) is 37.3 Å². The second-order valence-corrected chi connectivity index (χ2v) is 4.31. The predicted octanol–water partition coefficient (Wildman–Crippen LogP) is 3.63. The van der Waals surface area contributed by atoms with Gasteiger partial charge in [-0.3, -0.25) is 4.79 Å². The minimum atomic E-state index is -0.668. The first-order valence-electron chi connectivity index (χ1n) is 6.64. The molecule has 1 N–H and O–H groups in total. The molecule has 100 valence electrons. The van der Waals surface area contributed by atoms with Gasteiger partial charge in [0.05, 0.1) is 0 Å². The fourth-order valence-electron chi connectivity index (χ4n) is 1.63. The van der Waals surface area contributed by atoms with Crippen LogP contribution < -0.4 is 0 Å². The van der Waals surface area contributed by atoms with Crippen molar-refractivity contribution in [2.24, 2.45) is 0 Å². The maximum atomic E-state index is 10.3. The van der Waals surface area contributed by atoms with E-state index in [0.717, 1.165) is 12.8 Å². The zero-order valence-corrected chi connectivity index (χ0v) is 16.8. The Morgan fingerprint density at radius 1 is 0.941 bits per heavy atom. The Labute approximate surface area is 126 Å². The van der Waals surface area contributed by atoms with Gasteiger partial charge in [0.2, 0.25) is 0 Å². The van der Waals surface area contributed by atoms with Crippen molar-refractivity contribution >= 4 is 33.3 Å². The van der Waals surface area contributed by atoms with Crippen molar-refractivity contribution in [3.63, 3.8) is 0 Å². The summed E-state index contributed by atoms with van der Waals surface area (Å²) in [6, 6.07) is 0. The van der Waals surface area contributed by atoms with Crippen LogP contribution in [-0.4, -0.2) is 38.4 Å². The van der Waals surface area contributed by atoms with Gasteiger partial charge in [0.25, 0.3) is 0 Å². The molecule has 0 aliphatic heterocycles. The Morgan fingerprint density at radius 2 is 1.47 bits per heavy atom. The molecule has 2 radical (unpaired) electrons. The molecule has 17 heavy (non-hydrogen) atoms. The quantitative estimate of drug-likeness (QED) is 0.306. The third kappa shape index (κ3) is 18.7. The molecule has 0 aromatic carbocycles. The molecule has 0 aliphatic rings. The maximum absolute atomic E-state index is 10.3. The summed E-state index contributed by atoms with van der Waals surface area (Å²) in [4.78, 5) is 10.3. The van der Waals surface area contributed by atoms with Gasteiger partial charge in [-0.05, 0) is 25.7 Å². The number of hydrogen-bond donors (Lipinski definition) is 1. The molecule has 0 aromatic heterocycles. The van der Waals surface area contributed by atoms with Gasteiger partial charge in [-0.25, -0.2) is 0 Å². The fourth-order valence-corrected chi connectivity index (χ4v) is 1.63. The summed E-state index contributed by atoms with van der Waals surface area (Å²) < 4.78 is 0. The van der Waals surface area contributed by atoms with E-state index in [1.807, 2.05) is 0 Å². The van der Waals surface area contributed by atoms with E-state index in [1.165, 1.54) is 44.9 Å². The van der Waals surface area contributed by atoms with Crippen molar-refractivity contribution in [3.8, 4) is 0 Å². The van der Waals surface area contributed by atoms with E-state index in [0.29, 0.717) is 6.42 Å². The van der Waals surface area contributed by atoms with Crippen LogP contribution in [0.4, 0.5) is 0 Å². The molecule has 0 unspecified atom stereocenters. The summed E-state index contributed by atoms with van der Waals surface area (Å²) in [5.74, 6) is -0.668. The first-order valence-corrected chi connectivity index (χ1v) is 6.64. The van der Waals surface area contributed by atoms with Gasteiger partial charge in [0.15, 0.2) is 0 Å². The predicted molar refractivity (Wildman–Crippen MR) is 77.2 cm³/mol. The van der Waals surface area contributed by atoms with Crippen LogP contribution in [0.25, 0.3) is 0 Å². The van der Waals surface area contributed by atoms with E-state index in [2.05, 4.69) is 19.1 Å². The van der Waals surface area contributed by atoms with E-state index >= 15 is 0 Å². The standard InChI is InChI=1S/C14H26O2.Pb.2H/c1-2-3-4-5-6-7-8-9-10-11-12-13-14(15)16;;;/h5-6H,2-4,7-13H2,1H3,(H,15,16);;;. The van der Waals surface area contributed by atoms with Crippen molar-refractivity contribution in [2.45, 2.75) is 71.1 Å². The summed E-state index contributed by atoms with van der Waals surface area (Å²) in [6.45, 7) is 2.21. The van der Waals surface area contributed by atoms with E-state index in [-0.39, 0.29) is 27.3 Å². The van der Waals surface area contributed by atoms with Crippen molar-refractivity contribution in [2.75, 3.05) is 0 Å². The zero-order chi connectivity index (χ0) is 12.1. The minimum absolute atomic E-state index is 0. The van der Waals surface area contributed by atoms with E-state index in [9.17, 15) is 4.79 Å². The number of carboxylic acids is 1. The summed E-state index contributed by atoms with van der Waals surface area (Å²) in [6.07, 6.45) is 15.4. The van der Waals surface area contributed by atoms with Crippen LogP contribution in [-0.2, 0) is 4.79 Å². The molecule has 0 atom stereocenters. The molecule has 0 spiro atoms. The van der Waals surface area contributed by atoms with Gasteiger partial charge in [-0.15, -0.1) is 0 Å². The van der Waals surface area contributed by atoms with E-state index in [4.69, 9.17) is 5.11 Å². The number of aliphatic carboxylic acids is 1. The number of rotatable bonds is 11. The summed E-state index contributed by atoms with van der Waals surface area (Å²) >= 11 is 0. The Balaban J connectivity index is 0. The first-order chi connectivity index (χ1) is 7.77. The van der Waals surface area contributed by atoms with Gasteiger partial charge in [-0.1, -0.05) is 51.2 Å². The monoisotopic (exact) mass is 436 g/mol. The van der Waals surface area contributed by atoms with Crippen molar-refractivity contribution in [3.05, 3.63) is 12.2 Å². The second-order valence-electron chi connectivity index (χ2n) is 4.31. The van der Waals surface area contributed by atoms with Crippen LogP contribution in [0.1, 0.15) is 71.1 Å². The van der Waals surface area contributed by atoms with Gasteiger partial charge in [0.1, 0.15) is 0 Å². The molecule has 0 bridgehead atoms. The molecule has 3 heteroatoms. The molecule has 0 fully saturated rings. The van der Waals surface area contributed by atoms with Crippen LogP contribution >= 0.6 is 0 Å². The SMILES string of the molecule is CCCCC=CCCCCCCCC(=O)O.[PbH2]. The number of carbonyl (C=O) groups is 1. The van der Waals surface area contributed by atoms with Crippen molar-refractivity contribution in [1.29, 1.82) is 0 Å². The number of carboxylic acid groups (broad SMARTS) is 1. The fraction of sp³-hybridized carbons (Fsp3) is 0.786. The van der Waals surface area contributed by atoms with Crippen LogP contribution in [0.2, 0.25) is 0 Å². The molecular weight excluding hydrogens is 407 g/mol. The number of allylic oxidation sites excluding steroid dienone is 2. The van der Waals surface area contributed by atoms with Crippen molar-refractivity contribution in [1.82, 2.24) is 0 Å². The molecule has 0 saturated heterocycles. The van der Waals surface area contributed by atoms with Gasteiger partial charge in [-0.2, -0.15) is 0 Å². The molecule has 0 aliphatic carbocycles. The molecule has 0 heterocycles. The Hall–Kier alpha value is 0.132. The third-order valence-electron chi connectivity index (χ3n) is 2.65. The second kappa shape index (κ2) is 16.1. The Kier molecular flexibility index (Phi) is 18.5. The number of hydrogen-bond acceptors (Lipinski definition) is 1. The molecule has 0 rings (SSSR count). The van der Waals surface area contributed by atoms with Crippen LogP contribution in [0.15, 0.2) is 12.2 Å². The summed E-state index contributed by atoms with van der Waals surface area (Å²) in [5, 5.41) is 8.45. The van der Waals surface area contributed by atoms with Gasteiger partial charge < -0.3 is 5.11 Å². The van der Waals surface area contributed by atoms with Crippen LogP contribution in [0.3, 0.4) is 0 Å². The normalized spacial score (nSPS) is 10.4. The van der Waals surface area contributed by atoms with E-state index in [1.54, 1.807) is 0 Å². The summed E-state index contributed by atoms with van der Waals surface area (Å²) in [7, 11) is 0. The third-order valence-corrected chi connectivity index (χ3v) is 2.65. The van der Waals surface area contributed by atoms with Crippen LogP contribution in [0.5, 0.6) is 0 Å². The molecule has 2 nitrogen and oxygen atoms in total. The van der Waals surface area contributed by atoms with Crippen LogP contribution in [0, 0.1) is 0 Å². The average Bonchev–Trinajstić information content (AvgIpc) is 2.25. The Bertz CT molecular complexity index is 191. The number of unbranched alkanes of at least 4 members (excludes halogenated alkanes) is 7. The summed E-state index contributed by atoms with van der Waals surface area (Å²) in [5.41, 5.74) is 0.